The first-order valence-electron chi connectivity index (χ1n) is 5.05. The Labute approximate surface area is 86.6 Å². The topological polar surface area (TPSA) is 47.6 Å². The average Bonchev–Trinajstić information content (AvgIpc) is 2.45. The van der Waals surface area contributed by atoms with Crippen LogP contribution in [0.1, 0.15) is 19.8 Å². The number of hydrogen-bond acceptors (Lipinski definition) is 3. The van der Waals surface area contributed by atoms with Crippen molar-refractivity contribution in [2.24, 2.45) is 0 Å². The molecule has 0 aromatic rings. The van der Waals surface area contributed by atoms with Crippen LogP contribution in [0.5, 0.6) is 0 Å². The molecular weight excluding hydrogens is 200 g/mol. The van der Waals surface area contributed by atoms with Gasteiger partial charge < -0.3 is 9.26 Å². The van der Waals surface area contributed by atoms with Crippen molar-refractivity contribution >= 4 is 15.4 Å². The van der Waals surface area contributed by atoms with Gasteiger partial charge in [-0.25, -0.2) is 5.09 Å². The van der Waals surface area contributed by atoms with Crippen LogP contribution in [0.25, 0.3) is 0 Å². The summed E-state index contributed by atoms with van der Waals surface area (Å²) in [7, 11) is 0.876. The van der Waals surface area contributed by atoms with Gasteiger partial charge in [0.2, 0.25) is 0 Å². The molecule has 1 heterocycles. The summed E-state index contributed by atoms with van der Waals surface area (Å²) >= 11 is 0. The van der Waals surface area contributed by atoms with Crippen LogP contribution < -0.4 is 5.09 Å². The second-order valence-corrected chi connectivity index (χ2v) is 6.21. The van der Waals surface area contributed by atoms with Crippen molar-refractivity contribution in [3.8, 4) is 0 Å². The first-order chi connectivity index (χ1) is 6.48. The van der Waals surface area contributed by atoms with Crippen LogP contribution >= 0.6 is 7.52 Å². The number of hydrogen-bond donors (Lipinski definition) is 1. The largest absolute Gasteiger partial charge is 0.382 e. The first kappa shape index (κ1) is 12.2. The van der Waals surface area contributed by atoms with Gasteiger partial charge in [0, 0.05) is 25.8 Å². The third-order valence-electron chi connectivity index (χ3n) is 2.59. The lowest BCUT2D eigenvalue weighted by Crippen LogP contribution is -2.34. The van der Waals surface area contributed by atoms with Crippen LogP contribution in [-0.2, 0) is 13.8 Å². The lowest BCUT2D eigenvalue weighted by Gasteiger charge is -2.21. The van der Waals surface area contributed by atoms with E-state index in [2.05, 4.69) is 12.0 Å². The van der Waals surface area contributed by atoms with E-state index < -0.39 is 7.52 Å². The van der Waals surface area contributed by atoms with E-state index in [0.717, 1.165) is 12.8 Å². The van der Waals surface area contributed by atoms with Crippen molar-refractivity contribution in [1.29, 1.82) is 0 Å². The Morgan fingerprint density at radius 3 is 2.86 bits per heavy atom. The van der Waals surface area contributed by atoms with Crippen molar-refractivity contribution in [1.82, 2.24) is 5.09 Å². The highest BCUT2D eigenvalue weighted by molar-refractivity contribution is 7.56. The molecule has 4 nitrogen and oxygen atoms in total. The molecule has 0 aromatic carbocycles. The first-order valence-corrected chi connectivity index (χ1v) is 7.12. The van der Waals surface area contributed by atoms with Gasteiger partial charge in [0.25, 0.3) is 7.52 Å². The fourth-order valence-corrected chi connectivity index (χ4v) is 2.81. The Hall–Kier alpha value is 0.175. The fraction of sp³-hybridized carbons (Fsp3) is 1.00. The van der Waals surface area contributed by atoms with Gasteiger partial charge >= 0.3 is 0 Å². The number of rotatable bonds is 4. The summed E-state index contributed by atoms with van der Waals surface area (Å²) in [6.45, 7) is 3.67. The maximum atomic E-state index is 11.7. The van der Waals surface area contributed by atoms with Gasteiger partial charge in [0.15, 0.2) is 0 Å². The maximum Gasteiger partial charge on any atom is 0.266 e. The van der Waals surface area contributed by atoms with Crippen molar-refractivity contribution < 1.29 is 13.8 Å². The van der Waals surface area contributed by atoms with Gasteiger partial charge in [-0.15, -0.1) is 0 Å². The van der Waals surface area contributed by atoms with Crippen LogP contribution in [0.2, 0.25) is 0 Å². The summed E-state index contributed by atoms with van der Waals surface area (Å²) in [5, 5.41) is 3.04. The smallest absolute Gasteiger partial charge is 0.266 e. The molecule has 82 valence electrons. The van der Waals surface area contributed by atoms with Gasteiger partial charge in [-0.1, -0.05) is 6.92 Å². The minimum Gasteiger partial charge on any atom is -0.382 e. The van der Waals surface area contributed by atoms with Crippen LogP contribution in [-0.4, -0.2) is 39.8 Å². The molecule has 1 unspecified atom stereocenters. The standard InChI is InChI=1S/C8H19BNO3P/c1-4-7-6(5-8(9)13-7)10-14(3,11)12-2/h6-8H,4-5,9H2,1-3H3,(H,10,11)/t6-,7-,8-,14?/m1/s1. The molecular formula is C8H19BNO3P. The summed E-state index contributed by atoms with van der Waals surface area (Å²) < 4.78 is 22.3. The van der Waals surface area contributed by atoms with Crippen LogP contribution in [0.3, 0.4) is 0 Å². The monoisotopic (exact) mass is 219 g/mol. The van der Waals surface area contributed by atoms with Crippen molar-refractivity contribution in [3.05, 3.63) is 0 Å². The van der Waals surface area contributed by atoms with E-state index in [1.807, 2.05) is 7.85 Å². The molecule has 1 aliphatic heterocycles. The van der Waals surface area contributed by atoms with Gasteiger partial charge in [0.1, 0.15) is 7.85 Å². The Kier molecular flexibility index (Phi) is 4.20. The van der Waals surface area contributed by atoms with Crippen molar-refractivity contribution in [2.75, 3.05) is 13.8 Å². The molecule has 0 bridgehead atoms. The second-order valence-electron chi connectivity index (χ2n) is 3.89. The molecule has 1 rings (SSSR count). The minimum absolute atomic E-state index is 0.158. The highest BCUT2D eigenvalue weighted by Gasteiger charge is 2.34. The van der Waals surface area contributed by atoms with Crippen LogP contribution in [0.15, 0.2) is 0 Å². The van der Waals surface area contributed by atoms with E-state index in [-0.39, 0.29) is 18.1 Å². The van der Waals surface area contributed by atoms with E-state index in [4.69, 9.17) is 9.26 Å². The fourth-order valence-electron chi connectivity index (χ4n) is 1.83. The third-order valence-corrected chi connectivity index (χ3v) is 4.09. The highest BCUT2D eigenvalue weighted by atomic mass is 31.2. The Morgan fingerprint density at radius 2 is 2.36 bits per heavy atom. The van der Waals surface area contributed by atoms with Gasteiger partial charge in [0.05, 0.1) is 6.10 Å². The van der Waals surface area contributed by atoms with Crippen molar-refractivity contribution in [3.63, 3.8) is 0 Å². The molecule has 4 atom stereocenters. The zero-order chi connectivity index (χ0) is 10.8. The number of ether oxygens (including phenoxy) is 1. The predicted molar refractivity (Wildman–Crippen MR) is 59.6 cm³/mol. The molecule has 1 fully saturated rings. The van der Waals surface area contributed by atoms with Gasteiger partial charge in [-0.05, 0) is 12.8 Å². The lowest BCUT2D eigenvalue weighted by atomic mass is 9.95. The molecule has 0 amide bonds. The van der Waals surface area contributed by atoms with Gasteiger partial charge in [-0.3, -0.25) is 4.57 Å². The zero-order valence-corrected chi connectivity index (χ0v) is 10.2. The van der Waals surface area contributed by atoms with Crippen LogP contribution in [0.4, 0.5) is 0 Å². The molecule has 0 saturated carbocycles. The zero-order valence-electron chi connectivity index (χ0n) is 9.32. The Balaban J connectivity index is 2.55. The SMILES string of the molecule is B[C@H]1C[C@@H](NP(C)(=O)OC)[C@@H](CC)O1. The van der Waals surface area contributed by atoms with E-state index in [9.17, 15) is 4.57 Å². The third kappa shape index (κ3) is 3.09. The van der Waals surface area contributed by atoms with E-state index in [1.54, 1.807) is 6.66 Å². The van der Waals surface area contributed by atoms with E-state index in [1.165, 1.54) is 7.11 Å². The quantitative estimate of drug-likeness (QED) is 0.554. The second kappa shape index (κ2) is 4.80. The summed E-state index contributed by atoms with van der Waals surface area (Å²) in [6, 6.07) is 0.403. The summed E-state index contributed by atoms with van der Waals surface area (Å²) in [4.78, 5) is 0. The van der Waals surface area contributed by atoms with Gasteiger partial charge in [-0.2, -0.15) is 0 Å². The molecule has 0 radical (unpaired) electrons. The Morgan fingerprint density at radius 1 is 1.71 bits per heavy atom. The average molecular weight is 219 g/mol. The molecule has 0 spiro atoms. The normalized spacial score (nSPS) is 36.9. The molecule has 0 aliphatic carbocycles. The molecule has 6 heteroatoms. The Bertz CT molecular complexity index is 239. The minimum atomic E-state index is -2.63. The predicted octanol–water partition coefficient (Wildman–Crippen LogP) is 0.572. The molecule has 1 saturated heterocycles. The highest BCUT2D eigenvalue weighted by Crippen LogP contribution is 2.39. The molecule has 14 heavy (non-hydrogen) atoms. The molecule has 1 N–H and O–H groups in total. The number of nitrogens with one attached hydrogen (secondary N) is 1. The molecule has 0 aromatic heterocycles. The van der Waals surface area contributed by atoms with E-state index in [0.29, 0.717) is 0 Å². The molecule has 1 aliphatic rings. The van der Waals surface area contributed by atoms with Crippen LogP contribution in [0, 0.1) is 0 Å². The summed E-state index contributed by atoms with van der Waals surface area (Å²) in [5.74, 6) is 0. The summed E-state index contributed by atoms with van der Waals surface area (Å²) in [5.41, 5.74) is 0. The van der Waals surface area contributed by atoms with Crippen molar-refractivity contribution in [2.45, 2.75) is 37.9 Å². The van der Waals surface area contributed by atoms with E-state index >= 15 is 0 Å². The maximum absolute atomic E-state index is 11.7. The lowest BCUT2D eigenvalue weighted by molar-refractivity contribution is 0.0778. The summed E-state index contributed by atoms with van der Waals surface area (Å²) in [6.07, 6.45) is 2.00.